The lowest BCUT2D eigenvalue weighted by Crippen LogP contribution is -1.90. The second-order valence-electron chi connectivity index (χ2n) is 2.90. The smallest absolute Gasteiger partial charge is 0.183 e. The minimum Gasteiger partial charge on any atom is -0.497 e. The summed E-state index contributed by atoms with van der Waals surface area (Å²) in [7, 11) is 1.61. The Labute approximate surface area is 100 Å². The zero-order valence-corrected chi connectivity index (χ0v) is 10.2. The third-order valence-electron chi connectivity index (χ3n) is 2.05. The van der Waals surface area contributed by atoms with Gasteiger partial charge in [-0.3, -0.25) is 0 Å². The fraction of sp³-hybridized carbons (Fsp3) is 0.250. The minimum absolute atomic E-state index is 0.494. The predicted molar refractivity (Wildman–Crippen MR) is 69.8 cm³/mol. The monoisotopic (exact) mass is 232 g/mol. The van der Waals surface area contributed by atoms with Crippen molar-refractivity contribution in [3.63, 3.8) is 0 Å². The molecule has 2 aromatic rings. The second kappa shape index (κ2) is 6.42. The summed E-state index contributed by atoms with van der Waals surface area (Å²) in [5.74, 6) is 1.25. The van der Waals surface area contributed by atoms with Crippen molar-refractivity contribution in [2.45, 2.75) is 13.8 Å². The van der Waals surface area contributed by atoms with E-state index in [1.54, 1.807) is 13.3 Å². The molecule has 0 amide bonds. The molecule has 0 saturated carbocycles. The summed E-state index contributed by atoms with van der Waals surface area (Å²) in [4.78, 5) is 3.93. The number of nitrogens with zero attached hydrogens (tertiary/aromatic N) is 3. The van der Waals surface area contributed by atoms with E-state index in [-0.39, 0.29) is 0 Å². The first-order chi connectivity index (χ1) is 8.35. The maximum absolute atomic E-state index is 5.23. The Morgan fingerprint density at radius 2 is 2.12 bits per heavy atom. The molecule has 17 heavy (non-hydrogen) atoms. The zero-order valence-electron chi connectivity index (χ0n) is 10.2. The molecule has 0 atom stereocenters. The highest BCUT2D eigenvalue weighted by atomic mass is 16.5. The number of hydrogen-bond acceptors (Lipinski definition) is 4. The van der Waals surface area contributed by atoms with Crippen molar-refractivity contribution in [1.29, 1.82) is 0 Å². The fourth-order valence-electron chi connectivity index (χ4n) is 1.33. The molecule has 5 nitrogen and oxygen atoms in total. The van der Waals surface area contributed by atoms with Crippen LogP contribution in [0.1, 0.15) is 13.8 Å². The molecular weight excluding hydrogens is 216 g/mol. The molecule has 1 aromatic heterocycles. The third-order valence-corrected chi connectivity index (χ3v) is 2.05. The highest BCUT2D eigenvalue weighted by Gasteiger charge is 2.02. The first-order valence-corrected chi connectivity index (χ1v) is 5.39. The molecule has 5 heteroatoms. The number of aliphatic imine (C=N–C) groups is 1. The number of fused-ring (bicyclic) bond motifs is 1. The third kappa shape index (κ3) is 2.90. The Kier molecular flexibility index (Phi) is 4.87. The molecule has 0 aliphatic rings. The minimum atomic E-state index is 0.494. The van der Waals surface area contributed by atoms with Gasteiger partial charge in [0.25, 0.3) is 0 Å². The number of methoxy groups -OCH3 is 1. The van der Waals surface area contributed by atoms with Crippen LogP contribution in [0.2, 0.25) is 0 Å². The highest BCUT2D eigenvalue weighted by Crippen LogP contribution is 2.26. The van der Waals surface area contributed by atoms with Gasteiger partial charge in [-0.15, -0.1) is 5.10 Å². The van der Waals surface area contributed by atoms with Crippen molar-refractivity contribution < 1.29 is 4.74 Å². The van der Waals surface area contributed by atoms with Crippen molar-refractivity contribution >= 4 is 22.9 Å². The van der Waals surface area contributed by atoms with Gasteiger partial charge in [0.1, 0.15) is 5.75 Å². The van der Waals surface area contributed by atoms with Gasteiger partial charge in [-0.2, -0.15) is 5.10 Å². The van der Waals surface area contributed by atoms with Crippen LogP contribution < -0.4 is 10.5 Å². The molecule has 1 heterocycles. The van der Waals surface area contributed by atoms with Crippen LogP contribution in [0.25, 0.3) is 10.8 Å². The summed E-state index contributed by atoms with van der Waals surface area (Å²) in [6, 6.07) is 5.62. The van der Waals surface area contributed by atoms with E-state index in [1.165, 1.54) is 6.34 Å². The van der Waals surface area contributed by atoms with E-state index < -0.39 is 0 Å². The van der Waals surface area contributed by atoms with Crippen LogP contribution in [0.3, 0.4) is 0 Å². The summed E-state index contributed by atoms with van der Waals surface area (Å²) < 4.78 is 5.12. The van der Waals surface area contributed by atoms with Gasteiger partial charge in [-0.25, -0.2) is 4.99 Å². The van der Waals surface area contributed by atoms with Gasteiger partial charge in [0, 0.05) is 10.8 Å². The van der Waals surface area contributed by atoms with E-state index in [4.69, 9.17) is 10.5 Å². The molecule has 90 valence electrons. The van der Waals surface area contributed by atoms with Crippen molar-refractivity contribution in [2.24, 2.45) is 10.7 Å². The molecule has 0 radical (unpaired) electrons. The molecule has 2 rings (SSSR count). The Morgan fingerprint density at radius 3 is 2.76 bits per heavy atom. The van der Waals surface area contributed by atoms with Crippen molar-refractivity contribution in [3.8, 4) is 5.75 Å². The van der Waals surface area contributed by atoms with E-state index in [0.717, 1.165) is 16.5 Å². The van der Waals surface area contributed by atoms with E-state index in [2.05, 4.69) is 15.2 Å². The number of aromatic nitrogens is 2. The van der Waals surface area contributed by atoms with Gasteiger partial charge in [0.05, 0.1) is 19.6 Å². The summed E-state index contributed by atoms with van der Waals surface area (Å²) in [5, 5.41) is 9.53. The summed E-state index contributed by atoms with van der Waals surface area (Å²) in [6.07, 6.45) is 2.87. The van der Waals surface area contributed by atoms with Gasteiger partial charge < -0.3 is 10.5 Å². The Morgan fingerprint density at radius 1 is 1.35 bits per heavy atom. The van der Waals surface area contributed by atoms with Crippen LogP contribution in [-0.2, 0) is 0 Å². The molecule has 2 N–H and O–H groups in total. The van der Waals surface area contributed by atoms with Crippen molar-refractivity contribution in [3.05, 3.63) is 24.4 Å². The number of benzene rings is 1. The molecule has 0 spiro atoms. The second-order valence-corrected chi connectivity index (χ2v) is 2.90. The summed E-state index contributed by atoms with van der Waals surface area (Å²) >= 11 is 0. The van der Waals surface area contributed by atoms with Crippen LogP contribution in [0.4, 0.5) is 5.82 Å². The first kappa shape index (κ1) is 12.9. The largest absolute Gasteiger partial charge is 0.497 e. The average Bonchev–Trinajstić information content (AvgIpc) is 2.41. The zero-order chi connectivity index (χ0) is 12.7. The SMILES string of the molecule is CC.COc1ccc2cnnc(N=CN)c2c1. The molecule has 0 saturated heterocycles. The molecule has 0 fully saturated rings. The topological polar surface area (TPSA) is 73.4 Å². The number of rotatable bonds is 2. The first-order valence-electron chi connectivity index (χ1n) is 5.39. The normalized spacial score (nSPS) is 10.1. The van der Waals surface area contributed by atoms with E-state index in [0.29, 0.717) is 5.82 Å². The van der Waals surface area contributed by atoms with Gasteiger partial charge in [-0.1, -0.05) is 13.8 Å². The Balaban J connectivity index is 0.000000686. The van der Waals surface area contributed by atoms with Crippen LogP contribution in [0.15, 0.2) is 29.4 Å². The van der Waals surface area contributed by atoms with Crippen LogP contribution in [-0.4, -0.2) is 23.6 Å². The molecule has 0 bridgehead atoms. The summed E-state index contributed by atoms with van der Waals surface area (Å²) in [5.41, 5.74) is 5.23. The average molecular weight is 232 g/mol. The number of hydrogen-bond donors (Lipinski definition) is 1. The maximum Gasteiger partial charge on any atom is 0.183 e. The summed E-state index contributed by atoms with van der Waals surface area (Å²) in [6.45, 7) is 4.00. The lowest BCUT2D eigenvalue weighted by molar-refractivity contribution is 0.415. The molecule has 0 aliphatic heterocycles. The Hall–Kier alpha value is -2.17. The van der Waals surface area contributed by atoms with Crippen molar-refractivity contribution in [1.82, 2.24) is 10.2 Å². The number of nitrogens with two attached hydrogens (primary N) is 1. The highest BCUT2D eigenvalue weighted by molar-refractivity contribution is 5.91. The molecular formula is C12H16N4O. The van der Waals surface area contributed by atoms with Gasteiger partial charge in [0.2, 0.25) is 0 Å². The lowest BCUT2D eigenvalue weighted by Gasteiger charge is -2.02. The molecule has 1 aromatic carbocycles. The number of ether oxygens (including phenoxy) is 1. The molecule has 0 unspecified atom stereocenters. The quantitative estimate of drug-likeness (QED) is 0.636. The van der Waals surface area contributed by atoms with E-state index in [9.17, 15) is 0 Å². The van der Waals surface area contributed by atoms with Gasteiger partial charge >= 0.3 is 0 Å². The lowest BCUT2D eigenvalue weighted by atomic mass is 10.2. The standard InChI is InChI=1S/C10H10N4O.C2H6/c1-15-8-3-2-7-5-13-14-10(12-6-11)9(7)4-8;1-2/h2-6H,1H3,(H2,11,12,14);1-2H3. The van der Waals surface area contributed by atoms with Crippen LogP contribution >= 0.6 is 0 Å². The Bertz CT molecular complexity index is 511. The van der Waals surface area contributed by atoms with Crippen LogP contribution in [0, 0.1) is 0 Å². The van der Waals surface area contributed by atoms with Gasteiger partial charge in [0.15, 0.2) is 5.82 Å². The van der Waals surface area contributed by atoms with E-state index >= 15 is 0 Å². The van der Waals surface area contributed by atoms with Crippen LogP contribution in [0.5, 0.6) is 5.75 Å². The van der Waals surface area contributed by atoms with Gasteiger partial charge in [-0.05, 0) is 18.2 Å². The van der Waals surface area contributed by atoms with Crippen molar-refractivity contribution in [2.75, 3.05) is 7.11 Å². The van der Waals surface area contributed by atoms with E-state index in [1.807, 2.05) is 32.0 Å². The fourth-order valence-corrected chi connectivity index (χ4v) is 1.33. The molecule has 0 aliphatic carbocycles. The predicted octanol–water partition coefficient (Wildman–Crippen LogP) is 2.28. The maximum atomic E-state index is 5.23.